The smallest absolute Gasteiger partial charge is 0.179 e. The molecule has 0 aromatic carbocycles. The summed E-state index contributed by atoms with van der Waals surface area (Å²) < 4.78 is 5.45. The molecule has 1 aromatic heterocycles. The van der Waals surface area contributed by atoms with Crippen molar-refractivity contribution >= 4 is 0 Å². The van der Waals surface area contributed by atoms with Gasteiger partial charge in [0.25, 0.3) is 0 Å². The molecule has 0 spiro atoms. The first-order chi connectivity index (χ1) is 5.90. The second-order valence-corrected chi connectivity index (χ2v) is 3.00. The van der Waals surface area contributed by atoms with Crippen LogP contribution in [0.3, 0.4) is 0 Å². The second kappa shape index (κ2) is 3.23. The van der Waals surface area contributed by atoms with Crippen molar-refractivity contribution in [3.63, 3.8) is 0 Å². The van der Waals surface area contributed by atoms with Crippen molar-refractivity contribution in [3.8, 4) is 0 Å². The lowest BCUT2D eigenvalue weighted by Crippen LogP contribution is -1.98. The van der Waals surface area contributed by atoms with E-state index in [2.05, 4.69) is 22.1 Å². The largest absolute Gasteiger partial charge is 0.370 e. The summed E-state index contributed by atoms with van der Waals surface area (Å²) in [5.74, 6) is 1.77. The topological polar surface area (TPSA) is 50.8 Å². The molecule has 0 aliphatic carbocycles. The van der Waals surface area contributed by atoms with E-state index in [0.29, 0.717) is 0 Å². The highest BCUT2D eigenvalue weighted by Crippen LogP contribution is 2.25. The summed E-state index contributed by atoms with van der Waals surface area (Å²) in [7, 11) is 0. The van der Waals surface area contributed by atoms with Gasteiger partial charge in [0.15, 0.2) is 5.82 Å². The van der Waals surface area contributed by atoms with Gasteiger partial charge in [-0.25, -0.2) is 4.98 Å². The van der Waals surface area contributed by atoms with Gasteiger partial charge in [-0.3, -0.25) is 5.10 Å². The van der Waals surface area contributed by atoms with Crippen molar-refractivity contribution in [1.29, 1.82) is 0 Å². The molecule has 12 heavy (non-hydrogen) atoms. The highest BCUT2D eigenvalue weighted by molar-refractivity contribution is 4.95. The van der Waals surface area contributed by atoms with Gasteiger partial charge in [0.05, 0.1) is 0 Å². The lowest BCUT2D eigenvalue weighted by Gasteiger charge is -2.01. The zero-order valence-corrected chi connectivity index (χ0v) is 7.21. The Balaban J connectivity index is 2.11. The van der Waals surface area contributed by atoms with Crippen molar-refractivity contribution in [2.75, 3.05) is 6.61 Å². The van der Waals surface area contributed by atoms with E-state index in [4.69, 9.17) is 4.74 Å². The number of nitrogens with zero attached hydrogens (tertiary/aromatic N) is 2. The molecule has 2 rings (SSSR count). The minimum atomic E-state index is 0.140. The summed E-state index contributed by atoms with van der Waals surface area (Å²) in [6.45, 7) is 2.90. The van der Waals surface area contributed by atoms with Crippen molar-refractivity contribution in [2.24, 2.45) is 0 Å². The van der Waals surface area contributed by atoms with E-state index in [1.165, 1.54) is 0 Å². The summed E-state index contributed by atoms with van der Waals surface area (Å²) in [6, 6.07) is 0. The summed E-state index contributed by atoms with van der Waals surface area (Å²) in [6.07, 6.45) is 3.23. The third-order valence-electron chi connectivity index (χ3n) is 2.10. The van der Waals surface area contributed by atoms with E-state index >= 15 is 0 Å². The third kappa shape index (κ3) is 1.34. The zero-order valence-electron chi connectivity index (χ0n) is 7.21. The number of ether oxygens (including phenoxy) is 1. The van der Waals surface area contributed by atoms with Gasteiger partial charge < -0.3 is 4.74 Å². The molecule has 1 saturated heterocycles. The zero-order chi connectivity index (χ0) is 8.39. The van der Waals surface area contributed by atoms with E-state index in [1.807, 2.05) is 0 Å². The fraction of sp³-hybridized carbons (Fsp3) is 0.750. The molecule has 1 fully saturated rings. The Kier molecular flexibility index (Phi) is 2.08. The monoisotopic (exact) mass is 167 g/mol. The van der Waals surface area contributed by atoms with Gasteiger partial charge in [-0.1, -0.05) is 6.92 Å². The lowest BCUT2D eigenvalue weighted by molar-refractivity contribution is 0.105. The SMILES string of the molecule is CCc1nc(C2CCCO2)n[nH]1. The molecule has 0 bridgehead atoms. The van der Waals surface area contributed by atoms with E-state index in [9.17, 15) is 0 Å². The maximum Gasteiger partial charge on any atom is 0.179 e. The molecule has 1 unspecified atom stereocenters. The van der Waals surface area contributed by atoms with Crippen LogP contribution in [0.2, 0.25) is 0 Å². The quantitative estimate of drug-likeness (QED) is 0.720. The average Bonchev–Trinajstić information content (AvgIpc) is 2.75. The van der Waals surface area contributed by atoms with Gasteiger partial charge in [-0.2, -0.15) is 5.10 Å². The number of H-pyrrole nitrogens is 1. The van der Waals surface area contributed by atoms with Crippen molar-refractivity contribution < 1.29 is 4.74 Å². The van der Waals surface area contributed by atoms with Crippen LogP contribution in [0, 0.1) is 0 Å². The highest BCUT2D eigenvalue weighted by Gasteiger charge is 2.21. The van der Waals surface area contributed by atoms with Gasteiger partial charge >= 0.3 is 0 Å². The molecule has 66 valence electrons. The van der Waals surface area contributed by atoms with Gasteiger partial charge in [0.2, 0.25) is 0 Å². The Morgan fingerprint density at radius 3 is 3.17 bits per heavy atom. The molecular weight excluding hydrogens is 154 g/mol. The first kappa shape index (κ1) is 7.73. The van der Waals surface area contributed by atoms with Crippen LogP contribution in [0.1, 0.15) is 37.5 Å². The summed E-state index contributed by atoms with van der Waals surface area (Å²) >= 11 is 0. The maximum absolute atomic E-state index is 5.45. The number of aromatic nitrogens is 3. The molecule has 1 aromatic rings. The molecule has 4 heteroatoms. The third-order valence-corrected chi connectivity index (χ3v) is 2.10. The van der Waals surface area contributed by atoms with Crippen LogP contribution >= 0.6 is 0 Å². The fourth-order valence-corrected chi connectivity index (χ4v) is 1.39. The number of rotatable bonds is 2. The van der Waals surface area contributed by atoms with Crippen molar-refractivity contribution in [2.45, 2.75) is 32.3 Å². The first-order valence-corrected chi connectivity index (χ1v) is 4.43. The molecule has 0 amide bonds. The standard InChI is InChI=1S/C8H13N3O/c1-2-7-9-8(11-10-7)6-4-3-5-12-6/h6H,2-5H2,1H3,(H,9,10,11). The van der Waals surface area contributed by atoms with Crippen LogP contribution in [-0.2, 0) is 11.2 Å². The Morgan fingerprint density at radius 2 is 2.58 bits per heavy atom. The predicted octanol–water partition coefficient (Wildman–Crippen LogP) is 1.22. The Labute approximate surface area is 71.3 Å². The van der Waals surface area contributed by atoms with E-state index in [1.54, 1.807) is 0 Å². The molecule has 0 radical (unpaired) electrons. The van der Waals surface area contributed by atoms with Crippen LogP contribution in [-0.4, -0.2) is 21.8 Å². The second-order valence-electron chi connectivity index (χ2n) is 3.00. The van der Waals surface area contributed by atoms with Crippen LogP contribution in [0.25, 0.3) is 0 Å². The van der Waals surface area contributed by atoms with Crippen molar-refractivity contribution in [1.82, 2.24) is 15.2 Å². The van der Waals surface area contributed by atoms with Crippen molar-refractivity contribution in [3.05, 3.63) is 11.6 Å². The Morgan fingerprint density at radius 1 is 1.67 bits per heavy atom. The molecule has 1 N–H and O–H groups in total. The van der Waals surface area contributed by atoms with Crippen LogP contribution in [0.15, 0.2) is 0 Å². The normalized spacial score (nSPS) is 23.2. The molecule has 0 saturated carbocycles. The van der Waals surface area contributed by atoms with E-state index < -0.39 is 0 Å². The minimum Gasteiger partial charge on any atom is -0.370 e. The van der Waals surface area contributed by atoms with Gasteiger partial charge in [-0.05, 0) is 12.8 Å². The summed E-state index contributed by atoms with van der Waals surface area (Å²) in [5, 5.41) is 7.00. The number of hydrogen-bond acceptors (Lipinski definition) is 3. The fourth-order valence-electron chi connectivity index (χ4n) is 1.39. The molecule has 1 aliphatic rings. The van der Waals surface area contributed by atoms with E-state index in [0.717, 1.165) is 37.5 Å². The molecule has 2 heterocycles. The Bertz CT molecular complexity index is 253. The van der Waals surface area contributed by atoms with Crippen LogP contribution in [0.4, 0.5) is 0 Å². The molecule has 1 aliphatic heterocycles. The molecular formula is C8H13N3O. The van der Waals surface area contributed by atoms with Gasteiger partial charge in [-0.15, -0.1) is 0 Å². The van der Waals surface area contributed by atoms with Crippen LogP contribution in [0.5, 0.6) is 0 Å². The lowest BCUT2D eigenvalue weighted by atomic mass is 10.2. The highest BCUT2D eigenvalue weighted by atomic mass is 16.5. The minimum absolute atomic E-state index is 0.140. The van der Waals surface area contributed by atoms with E-state index in [-0.39, 0.29) is 6.10 Å². The van der Waals surface area contributed by atoms with Gasteiger partial charge in [0.1, 0.15) is 11.9 Å². The Hall–Kier alpha value is -0.900. The molecule has 1 atom stereocenters. The molecule has 4 nitrogen and oxygen atoms in total. The first-order valence-electron chi connectivity index (χ1n) is 4.43. The number of aryl methyl sites for hydroxylation is 1. The maximum atomic E-state index is 5.45. The van der Waals surface area contributed by atoms with Crippen LogP contribution < -0.4 is 0 Å². The summed E-state index contributed by atoms with van der Waals surface area (Å²) in [5.41, 5.74) is 0. The number of aromatic amines is 1. The number of nitrogens with one attached hydrogen (secondary N) is 1. The predicted molar refractivity (Wildman–Crippen MR) is 43.7 cm³/mol. The number of hydrogen-bond donors (Lipinski definition) is 1. The average molecular weight is 167 g/mol. The summed E-state index contributed by atoms with van der Waals surface area (Å²) in [4.78, 5) is 4.32. The van der Waals surface area contributed by atoms with Gasteiger partial charge in [0, 0.05) is 13.0 Å².